The number of ether oxygens (including phenoxy) is 1. The molecule has 2 aliphatic rings. The van der Waals surface area contributed by atoms with Crippen LogP contribution in [0, 0.1) is 5.92 Å². The highest BCUT2D eigenvalue weighted by Gasteiger charge is 2.37. The van der Waals surface area contributed by atoms with E-state index in [1.807, 2.05) is 30.3 Å². The molecule has 0 aromatic heterocycles. The van der Waals surface area contributed by atoms with E-state index < -0.39 is 0 Å². The quantitative estimate of drug-likeness (QED) is 0.903. The highest BCUT2D eigenvalue weighted by molar-refractivity contribution is 6.16. The predicted molar refractivity (Wildman–Crippen MR) is 105 cm³/mol. The number of carbonyl (C=O) groups is 2. The minimum absolute atomic E-state index is 0.0445. The maximum Gasteiger partial charge on any atom is 0.244 e. The SMILES string of the molecule is COc1cccc(NC(=O)CN2C(=O)[C@H]3CCCC3=Nc3ccccc32)c1. The van der Waals surface area contributed by atoms with Crippen molar-refractivity contribution >= 4 is 34.6 Å². The van der Waals surface area contributed by atoms with Crippen LogP contribution in [0.1, 0.15) is 19.3 Å². The summed E-state index contributed by atoms with van der Waals surface area (Å²) in [6.45, 7) is -0.0492. The largest absolute Gasteiger partial charge is 0.497 e. The zero-order valence-electron chi connectivity index (χ0n) is 15.1. The van der Waals surface area contributed by atoms with Crippen molar-refractivity contribution in [1.82, 2.24) is 0 Å². The van der Waals surface area contributed by atoms with Gasteiger partial charge in [-0.3, -0.25) is 14.6 Å². The van der Waals surface area contributed by atoms with Crippen molar-refractivity contribution in [3.63, 3.8) is 0 Å². The van der Waals surface area contributed by atoms with Crippen LogP contribution < -0.4 is 15.0 Å². The molecule has 6 nitrogen and oxygen atoms in total. The van der Waals surface area contributed by atoms with Crippen LogP contribution in [0.2, 0.25) is 0 Å². The van der Waals surface area contributed by atoms with Gasteiger partial charge >= 0.3 is 0 Å². The Balaban J connectivity index is 1.59. The number of rotatable bonds is 4. The first-order chi connectivity index (χ1) is 13.2. The first-order valence-electron chi connectivity index (χ1n) is 9.07. The van der Waals surface area contributed by atoms with Crippen molar-refractivity contribution in [2.75, 3.05) is 23.9 Å². The van der Waals surface area contributed by atoms with Gasteiger partial charge in [-0.25, -0.2) is 0 Å². The zero-order chi connectivity index (χ0) is 18.8. The summed E-state index contributed by atoms with van der Waals surface area (Å²) >= 11 is 0. The second-order valence-electron chi connectivity index (χ2n) is 6.74. The molecule has 27 heavy (non-hydrogen) atoms. The summed E-state index contributed by atoms with van der Waals surface area (Å²) in [5, 5.41) is 2.85. The van der Waals surface area contributed by atoms with Crippen molar-refractivity contribution in [3.8, 4) is 5.75 Å². The van der Waals surface area contributed by atoms with E-state index in [4.69, 9.17) is 9.73 Å². The molecule has 1 saturated carbocycles. The Hall–Kier alpha value is -3.15. The minimum atomic E-state index is -0.257. The number of hydrogen-bond donors (Lipinski definition) is 1. The summed E-state index contributed by atoms with van der Waals surface area (Å²) in [5.74, 6) is 0.139. The Kier molecular flexibility index (Phi) is 4.62. The van der Waals surface area contributed by atoms with Gasteiger partial charge in [0.05, 0.1) is 24.4 Å². The van der Waals surface area contributed by atoms with Crippen LogP contribution in [0.5, 0.6) is 5.75 Å². The smallest absolute Gasteiger partial charge is 0.244 e. The Morgan fingerprint density at radius 1 is 1.26 bits per heavy atom. The summed E-state index contributed by atoms with van der Waals surface area (Å²) in [7, 11) is 1.58. The van der Waals surface area contributed by atoms with Crippen molar-refractivity contribution in [2.45, 2.75) is 19.3 Å². The third-order valence-electron chi connectivity index (χ3n) is 4.98. The van der Waals surface area contributed by atoms with E-state index in [2.05, 4.69) is 5.32 Å². The molecule has 1 aliphatic carbocycles. The molecule has 4 rings (SSSR count). The van der Waals surface area contributed by atoms with Gasteiger partial charge in [-0.05, 0) is 43.5 Å². The molecule has 6 heteroatoms. The molecule has 2 aromatic rings. The lowest BCUT2D eigenvalue weighted by Crippen LogP contribution is -2.41. The number of hydrogen-bond acceptors (Lipinski definition) is 4. The number of methoxy groups -OCH3 is 1. The maximum absolute atomic E-state index is 13.1. The van der Waals surface area contributed by atoms with Gasteiger partial charge in [-0.15, -0.1) is 0 Å². The third-order valence-corrected chi connectivity index (χ3v) is 4.98. The van der Waals surface area contributed by atoms with Crippen LogP contribution in [-0.4, -0.2) is 31.2 Å². The molecule has 1 atom stereocenters. The van der Waals surface area contributed by atoms with Crippen LogP contribution in [0.3, 0.4) is 0 Å². The summed E-state index contributed by atoms with van der Waals surface area (Å²) in [4.78, 5) is 32.1. The molecule has 0 saturated heterocycles. The molecule has 1 heterocycles. The van der Waals surface area contributed by atoms with E-state index >= 15 is 0 Å². The number of nitrogens with one attached hydrogen (secondary N) is 1. The molecule has 0 bridgehead atoms. The van der Waals surface area contributed by atoms with E-state index in [1.165, 1.54) is 0 Å². The molecule has 0 radical (unpaired) electrons. The Morgan fingerprint density at radius 3 is 2.96 bits per heavy atom. The van der Waals surface area contributed by atoms with Crippen LogP contribution in [0.25, 0.3) is 0 Å². The average Bonchev–Trinajstić information content (AvgIpc) is 3.11. The summed E-state index contributed by atoms with van der Waals surface area (Å²) in [6.07, 6.45) is 2.59. The number of anilines is 2. The van der Waals surface area contributed by atoms with Crippen molar-refractivity contribution in [3.05, 3.63) is 48.5 Å². The van der Waals surface area contributed by atoms with E-state index in [1.54, 1.807) is 30.2 Å². The lowest BCUT2D eigenvalue weighted by Gasteiger charge is -2.24. The molecule has 1 N–H and O–H groups in total. The lowest BCUT2D eigenvalue weighted by molar-refractivity contribution is -0.122. The van der Waals surface area contributed by atoms with Crippen LogP contribution in [-0.2, 0) is 9.59 Å². The predicted octanol–water partition coefficient (Wildman–Crippen LogP) is 3.55. The third kappa shape index (κ3) is 3.43. The average molecular weight is 363 g/mol. The Morgan fingerprint density at radius 2 is 2.11 bits per heavy atom. The van der Waals surface area contributed by atoms with Crippen molar-refractivity contribution < 1.29 is 14.3 Å². The van der Waals surface area contributed by atoms with Gasteiger partial charge < -0.3 is 15.0 Å². The molecule has 0 unspecified atom stereocenters. The van der Waals surface area contributed by atoms with Crippen LogP contribution in [0.15, 0.2) is 53.5 Å². The van der Waals surface area contributed by atoms with E-state index in [0.717, 1.165) is 30.7 Å². The Bertz CT molecular complexity index is 922. The molecular weight excluding hydrogens is 342 g/mol. The highest BCUT2D eigenvalue weighted by atomic mass is 16.5. The second kappa shape index (κ2) is 7.23. The topological polar surface area (TPSA) is 71.0 Å². The Labute approximate surface area is 157 Å². The fourth-order valence-electron chi connectivity index (χ4n) is 3.68. The summed E-state index contributed by atoms with van der Waals surface area (Å²) in [5.41, 5.74) is 3.00. The summed E-state index contributed by atoms with van der Waals surface area (Å²) < 4.78 is 5.18. The van der Waals surface area contributed by atoms with Crippen molar-refractivity contribution in [1.29, 1.82) is 0 Å². The van der Waals surface area contributed by atoms with E-state index in [-0.39, 0.29) is 24.3 Å². The first-order valence-corrected chi connectivity index (χ1v) is 9.07. The molecular formula is C21H21N3O3. The number of carbonyl (C=O) groups excluding carboxylic acids is 2. The lowest BCUT2D eigenvalue weighted by atomic mass is 10.1. The van der Waals surface area contributed by atoms with Gasteiger partial charge in [0, 0.05) is 17.5 Å². The van der Waals surface area contributed by atoms with Gasteiger partial charge in [0.2, 0.25) is 11.8 Å². The number of aliphatic imine (C=N–C) groups is 1. The minimum Gasteiger partial charge on any atom is -0.497 e. The fourth-order valence-corrected chi connectivity index (χ4v) is 3.68. The van der Waals surface area contributed by atoms with Gasteiger partial charge in [-0.2, -0.15) is 0 Å². The highest BCUT2D eigenvalue weighted by Crippen LogP contribution is 2.37. The molecule has 1 fully saturated rings. The van der Waals surface area contributed by atoms with Crippen LogP contribution >= 0.6 is 0 Å². The molecule has 138 valence electrons. The van der Waals surface area contributed by atoms with Gasteiger partial charge in [0.25, 0.3) is 0 Å². The number of amides is 2. The standard InChI is InChI=1S/C21H21N3O3/c1-27-15-7-4-6-14(12-15)22-20(25)13-24-19-11-3-2-9-18(19)23-17-10-5-8-16(17)21(24)26/h2-4,6-7,9,11-12,16H,5,8,10,13H2,1H3,(H,22,25)/t16-/m0/s1. The monoisotopic (exact) mass is 363 g/mol. The normalized spacial score (nSPS) is 18.3. The van der Waals surface area contributed by atoms with E-state index in [9.17, 15) is 9.59 Å². The summed E-state index contributed by atoms with van der Waals surface area (Å²) in [6, 6.07) is 14.6. The van der Waals surface area contributed by atoms with Gasteiger partial charge in [-0.1, -0.05) is 18.2 Å². The maximum atomic E-state index is 13.1. The molecule has 0 spiro atoms. The number of benzene rings is 2. The number of nitrogens with zero attached hydrogens (tertiary/aromatic N) is 2. The van der Waals surface area contributed by atoms with Gasteiger partial charge in [0.15, 0.2) is 0 Å². The van der Waals surface area contributed by atoms with Crippen molar-refractivity contribution in [2.24, 2.45) is 10.9 Å². The number of para-hydroxylation sites is 2. The van der Waals surface area contributed by atoms with Crippen LogP contribution in [0.4, 0.5) is 17.1 Å². The molecule has 1 aliphatic heterocycles. The number of fused-ring (bicyclic) bond motifs is 2. The first kappa shape index (κ1) is 17.3. The zero-order valence-corrected chi connectivity index (χ0v) is 15.1. The van der Waals surface area contributed by atoms with E-state index in [0.29, 0.717) is 17.1 Å². The second-order valence-corrected chi connectivity index (χ2v) is 6.74. The fraction of sp³-hybridized carbons (Fsp3) is 0.286. The molecule has 2 aromatic carbocycles. The molecule has 2 amide bonds. The van der Waals surface area contributed by atoms with Gasteiger partial charge in [0.1, 0.15) is 12.3 Å².